The molecular formula is C24H27N3O2. The summed E-state index contributed by atoms with van der Waals surface area (Å²) in [6.45, 7) is 3.40. The van der Waals surface area contributed by atoms with Crippen LogP contribution >= 0.6 is 0 Å². The second-order valence-electron chi connectivity index (χ2n) is 6.97. The van der Waals surface area contributed by atoms with Gasteiger partial charge in [0.25, 0.3) is 5.91 Å². The van der Waals surface area contributed by atoms with Crippen molar-refractivity contribution >= 4 is 17.3 Å². The van der Waals surface area contributed by atoms with E-state index in [1.165, 1.54) is 0 Å². The zero-order valence-corrected chi connectivity index (χ0v) is 17.0. The minimum atomic E-state index is -0.0146. The molecule has 0 aliphatic rings. The summed E-state index contributed by atoms with van der Waals surface area (Å²) in [5, 5.41) is 3.29. The third kappa shape index (κ3) is 6.07. The highest BCUT2D eigenvalue weighted by molar-refractivity contribution is 5.94. The Morgan fingerprint density at radius 1 is 1.03 bits per heavy atom. The van der Waals surface area contributed by atoms with E-state index in [-0.39, 0.29) is 5.91 Å². The molecule has 1 heterocycles. The van der Waals surface area contributed by atoms with E-state index in [0.29, 0.717) is 12.2 Å². The van der Waals surface area contributed by atoms with Gasteiger partial charge in [-0.25, -0.2) is 0 Å². The van der Waals surface area contributed by atoms with Crippen molar-refractivity contribution in [2.45, 2.75) is 26.4 Å². The molecule has 2 aromatic carbocycles. The lowest BCUT2D eigenvalue weighted by Crippen LogP contribution is -2.27. The van der Waals surface area contributed by atoms with E-state index in [4.69, 9.17) is 4.74 Å². The molecule has 0 aliphatic carbocycles. The van der Waals surface area contributed by atoms with Gasteiger partial charge in [-0.3, -0.25) is 9.78 Å². The van der Waals surface area contributed by atoms with Crippen LogP contribution in [0.15, 0.2) is 73.1 Å². The number of amides is 1. The number of ether oxygens (including phenoxy) is 1. The molecule has 5 nitrogen and oxygen atoms in total. The minimum absolute atomic E-state index is 0.0146. The summed E-state index contributed by atoms with van der Waals surface area (Å²) in [5.74, 6) is 0.790. The number of pyridine rings is 1. The SMILES string of the molecule is CCCCN(C)C(=O)c1cncc(Nc2ccc(OCc3ccccc3)cc2)c1. The van der Waals surface area contributed by atoms with E-state index in [1.54, 1.807) is 17.3 Å². The molecular weight excluding hydrogens is 362 g/mol. The maximum Gasteiger partial charge on any atom is 0.255 e. The topological polar surface area (TPSA) is 54.5 Å². The van der Waals surface area contributed by atoms with Gasteiger partial charge in [0.2, 0.25) is 0 Å². The van der Waals surface area contributed by atoms with Crippen molar-refractivity contribution in [3.05, 3.63) is 84.2 Å². The van der Waals surface area contributed by atoms with Gasteiger partial charge in [0, 0.05) is 25.5 Å². The Morgan fingerprint density at radius 2 is 1.79 bits per heavy atom. The Labute approximate surface area is 172 Å². The van der Waals surface area contributed by atoms with E-state index in [2.05, 4.69) is 17.2 Å². The molecule has 5 heteroatoms. The van der Waals surface area contributed by atoms with Gasteiger partial charge in [-0.2, -0.15) is 0 Å². The lowest BCUT2D eigenvalue weighted by Gasteiger charge is -2.17. The number of carbonyl (C=O) groups is 1. The van der Waals surface area contributed by atoms with Crippen molar-refractivity contribution < 1.29 is 9.53 Å². The second-order valence-corrected chi connectivity index (χ2v) is 6.97. The van der Waals surface area contributed by atoms with E-state index in [9.17, 15) is 4.79 Å². The van der Waals surface area contributed by atoms with Crippen LogP contribution in [-0.4, -0.2) is 29.4 Å². The summed E-state index contributed by atoms with van der Waals surface area (Å²) in [6.07, 6.45) is 5.37. The number of carbonyl (C=O) groups excluding carboxylic acids is 1. The number of aromatic nitrogens is 1. The van der Waals surface area contributed by atoms with Crippen LogP contribution in [0.25, 0.3) is 0 Å². The fourth-order valence-corrected chi connectivity index (χ4v) is 2.88. The highest BCUT2D eigenvalue weighted by atomic mass is 16.5. The Bertz CT molecular complexity index is 911. The average molecular weight is 389 g/mol. The highest BCUT2D eigenvalue weighted by Crippen LogP contribution is 2.21. The van der Waals surface area contributed by atoms with Crippen molar-refractivity contribution in [3.8, 4) is 5.75 Å². The number of nitrogens with zero attached hydrogens (tertiary/aromatic N) is 2. The van der Waals surface area contributed by atoms with E-state index in [1.807, 2.05) is 67.7 Å². The predicted octanol–water partition coefficient (Wildman–Crippen LogP) is 5.28. The van der Waals surface area contributed by atoms with Crippen LogP contribution in [0, 0.1) is 0 Å². The third-order valence-electron chi connectivity index (χ3n) is 4.57. The van der Waals surface area contributed by atoms with Gasteiger partial charge in [0.05, 0.1) is 17.4 Å². The molecule has 1 amide bonds. The van der Waals surface area contributed by atoms with Gasteiger partial charge >= 0.3 is 0 Å². The molecule has 29 heavy (non-hydrogen) atoms. The molecule has 0 bridgehead atoms. The number of anilines is 2. The summed E-state index contributed by atoms with van der Waals surface area (Å²) >= 11 is 0. The predicted molar refractivity (Wildman–Crippen MR) is 117 cm³/mol. The van der Waals surface area contributed by atoms with Crippen molar-refractivity contribution in [2.24, 2.45) is 0 Å². The Balaban J connectivity index is 1.59. The van der Waals surface area contributed by atoms with Crippen LogP contribution in [0.1, 0.15) is 35.7 Å². The van der Waals surface area contributed by atoms with Crippen molar-refractivity contribution in [1.82, 2.24) is 9.88 Å². The molecule has 0 aliphatic heterocycles. The van der Waals surface area contributed by atoms with Crippen LogP contribution < -0.4 is 10.1 Å². The molecule has 0 unspecified atom stereocenters. The summed E-state index contributed by atoms with van der Waals surface area (Å²) in [7, 11) is 1.83. The summed E-state index contributed by atoms with van der Waals surface area (Å²) in [5.41, 5.74) is 3.39. The van der Waals surface area contributed by atoms with Crippen molar-refractivity contribution in [1.29, 1.82) is 0 Å². The molecule has 0 saturated carbocycles. The summed E-state index contributed by atoms with van der Waals surface area (Å²) in [4.78, 5) is 18.5. The van der Waals surface area contributed by atoms with Gasteiger partial charge in [0.1, 0.15) is 12.4 Å². The molecule has 0 fully saturated rings. The molecule has 1 aromatic heterocycles. The van der Waals surface area contributed by atoms with Crippen LogP contribution in [-0.2, 0) is 6.61 Å². The van der Waals surface area contributed by atoms with Gasteiger partial charge in [-0.15, -0.1) is 0 Å². The third-order valence-corrected chi connectivity index (χ3v) is 4.57. The van der Waals surface area contributed by atoms with Gasteiger partial charge in [-0.05, 0) is 42.3 Å². The van der Waals surface area contributed by atoms with Crippen LogP contribution in [0.4, 0.5) is 11.4 Å². The van der Waals surface area contributed by atoms with Crippen LogP contribution in [0.5, 0.6) is 5.75 Å². The quantitative estimate of drug-likeness (QED) is 0.541. The standard InChI is InChI=1S/C24H27N3O2/c1-3-4-14-27(2)24(28)20-15-22(17-25-16-20)26-21-10-12-23(13-11-21)29-18-19-8-6-5-7-9-19/h5-13,15-17,26H,3-4,14,18H2,1-2H3. The molecule has 150 valence electrons. The van der Waals surface area contributed by atoms with E-state index >= 15 is 0 Å². The minimum Gasteiger partial charge on any atom is -0.489 e. The first-order chi connectivity index (χ1) is 14.2. The average Bonchev–Trinajstić information content (AvgIpc) is 2.77. The molecule has 3 aromatic rings. The Morgan fingerprint density at radius 3 is 2.52 bits per heavy atom. The molecule has 0 atom stereocenters. The monoisotopic (exact) mass is 389 g/mol. The molecule has 1 N–H and O–H groups in total. The second kappa shape index (κ2) is 10.3. The lowest BCUT2D eigenvalue weighted by molar-refractivity contribution is 0.0793. The first-order valence-corrected chi connectivity index (χ1v) is 9.90. The fourth-order valence-electron chi connectivity index (χ4n) is 2.88. The first-order valence-electron chi connectivity index (χ1n) is 9.90. The summed E-state index contributed by atoms with van der Waals surface area (Å²) < 4.78 is 5.82. The van der Waals surface area contributed by atoms with Crippen LogP contribution in [0.3, 0.4) is 0 Å². The number of unbranched alkanes of at least 4 members (excludes halogenated alkanes) is 1. The molecule has 0 spiro atoms. The zero-order valence-electron chi connectivity index (χ0n) is 17.0. The number of hydrogen-bond acceptors (Lipinski definition) is 4. The number of rotatable bonds is 9. The fraction of sp³-hybridized carbons (Fsp3) is 0.250. The summed E-state index contributed by atoms with van der Waals surface area (Å²) in [6, 6.07) is 19.6. The highest BCUT2D eigenvalue weighted by Gasteiger charge is 2.12. The zero-order chi connectivity index (χ0) is 20.5. The maximum absolute atomic E-state index is 12.5. The number of hydrogen-bond donors (Lipinski definition) is 1. The van der Waals surface area contributed by atoms with Crippen molar-refractivity contribution in [2.75, 3.05) is 18.9 Å². The van der Waals surface area contributed by atoms with E-state index < -0.39 is 0 Å². The van der Waals surface area contributed by atoms with Crippen LogP contribution in [0.2, 0.25) is 0 Å². The van der Waals surface area contributed by atoms with Gasteiger partial charge in [0.15, 0.2) is 0 Å². The normalized spacial score (nSPS) is 10.4. The van der Waals surface area contributed by atoms with Crippen molar-refractivity contribution in [3.63, 3.8) is 0 Å². The molecule has 0 saturated heterocycles. The Kier molecular flexibility index (Phi) is 7.22. The largest absolute Gasteiger partial charge is 0.489 e. The van der Waals surface area contributed by atoms with Gasteiger partial charge in [-0.1, -0.05) is 43.7 Å². The number of nitrogens with one attached hydrogen (secondary N) is 1. The lowest BCUT2D eigenvalue weighted by atomic mass is 10.2. The first kappa shape index (κ1) is 20.4. The van der Waals surface area contributed by atoms with E-state index in [0.717, 1.165) is 42.1 Å². The van der Waals surface area contributed by atoms with Gasteiger partial charge < -0.3 is 15.0 Å². The molecule has 3 rings (SSSR count). The maximum atomic E-state index is 12.5. The number of benzene rings is 2. The Hall–Kier alpha value is -3.34. The smallest absolute Gasteiger partial charge is 0.255 e. The molecule has 0 radical (unpaired) electrons.